The molecule has 0 aromatic carbocycles. The largest absolute Gasteiger partial charge is 0.316 e. The van der Waals surface area contributed by atoms with Crippen LogP contribution in [0.25, 0.3) is 0 Å². The lowest BCUT2D eigenvalue weighted by Crippen LogP contribution is -2.18. The first kappa shape index (κ1) is 14.6. The second-order valence-electron chi connectivity index (χ2n) is 4.37. The lowest BCUT2D eigenvalue weighted by molar-refractivity contribution is 0.637. The number of rotatable bonds is 8. The van der Waals surface area contributed by atoms with Gasteiger partial charge in [-0.1, -0.05) is 6.92 Å². The molecule has 17 heavy (non-hydrogen) atoms. The van der Waals surface area contributed by atoms with Gasteiger partial charge >= 0.3 is 0 Å². The molecule has 0 aliphatic heterocycles. The van der Waals surface area contributed by atoms with Crippen molar-refractivity contribution in [1.82, 2.24) is 15.1 Å². The Kier molecular flexibility index (Phi) is 6.66. The smallest absolute Gasteiger partial charge is 0.0628 e. The number of hydrogen-bond acceptors (Lipinski definition) is 3. The molecule has 0 aliphatic rings. The van der Waals surface area contributed by atoms with E-state index in [4.69, 9.17) is 0 Å². The van der Waals surface area contributed by atoms with Gasteiger partial charge in [0.1, 0.15) is 0 Å². The molecule has 3 nitrogen and oxygen atoms in total. The molecule has 0 atom stereocenters. The van der Waals surface area contributed by atoms with Gasteiger partial charge in [0, 0.05) is 11.4 Å². The van der Waals surface area contributed by atoms with E-state index in [2.05, 4.69) is 42.1 Å². The first-order valence-electron chi connectivity index (χ1n) is 6.43. The highest BCUT2D eigenvalue weighted by Crippen LogP contribution is 2.13. The van der Waals surface area contributed by atoms with Crippen molar-refractivity contribution >= 4 is 11.8 Å². The number of nitrogens with one attached hydrogen (secondary N) is 1. The molecule has 1 N–H and O–H groups in total. The van der Waals surface area contributed by atoms with Crippen LogP contribution in [-0.2, 0) is 13.0 Å². The Morgan fingerprint density at radius 3 is 2.71 bits per heavy atom. The lowest BCUT2D eigenvalue weighted by atomic mass is 10.1. The number of aromatic nitrogens is 2. The molecule has 0 spiro atoms. The van der Waals surface area contributed by atoms with Crippen LogP contribution in [0.4, 0.5) is 0 Å². The minimum atomic E-state index is 1.02. The summed E-state index contributed by atoms with van der Waals surface area (Å²) in [6.45, 7) is 9.70. The van der Waals surface area contributed by atoms with Gasteiger partial charge < -0.3 is 5.32 Å². The van der Waals surface area contributed by atoms with Gasteiger partial charge in [-0.25, -0.2) is 0 Å². The fraction of sp³-hybridized carbons (Fsp3) is 0.769. The van der Waals surface area contributed by atoms with E-state index in [0.717, 1.165) is 31.8 Å². The maximum absolute atomic E-state index is 4.62. The van der Waals surface area contributed by atoms with Crippen molar-refractivity contribution < 1.29 is 0 Å². The van der Waals surface area contributed by atoms with E-state index in [1.807, 2.05) is 11.8 Å². The maximum Gasteiger partial charge on any atom is 0.0628 e. The molecule has 0 bridgehead atoms. The van der Waals surface area contributed by atoms with Crippen LogP contribution >= 0.6 is 11.8 Å². The molecule has 1 rings (SSSR count). The molecule has 0 saturated heterocycles. The van der Waals surface area contributed by atoms with Gasteiger partial charge in [-0.3, -0.25) is 4.68 Å². The average molecular weight is 255 g/mol. The Morgan fingerprint density at radius 2 is 2.06 bits per heavy atom. The van der Waals surface area contributed by atoms with Crippen LogP contribution in [0.2, 0.25) is 0 Å². The maximum atomic E-state index is 4.62. The third kappa shape index (κ3) is 4.36. The van der Waals surface area contributed by atoms with E-state index in [1.54, 1.807) is 0 Å². The number of hydrogen-bond donors (Lipinski definition) is 1. The van der Waals surface area contributed by atoms with Gasteiger partial charge in [-0.2, -0.15) is 16.9 Å². The first-order valence-corrected chi connectivity index (χ1v) is 7.82. The summed E-state index contributed by atoms with van der Waals surface area (Å²) in [7, 11) is 0. The van der Waals surface area contributed by atoms with Crippen molar-refractivity contribution in [3.63, 3.8) is 0 Å². The molecular formula is C13H25N3S. The highest BCUT2D eigenvalue weighted by Gasteiger charge is 2.10. The molecule has 98 valence electrons. The molecule has 0 fully saturated rings. The Hall–Kier alpha value is -0.480. The fourth-order valence-corrected chi connectivity index (χ4v) is 2.36. The summed E-state index contributed by atoms with van der Waals surface area (Å²) in [6, 6.07) is 0. The first-order chi connectivity index (χ1) is 8.20. The summed E-state index contributed by atoms with van der Waals surface area (Å²) in [5.74, 6) is 1.13. The second-order valence-corrected chi connectivity index (χ2v) is 5.35. The Bertz CT molecular complexity index is 334. The van der Waals surface area contributed by atoms with Crippen LogP contribution in [0.3, 0.4) is 0 Å². The van der Waals surface area contributed by atoms with E-state index in [1.165, 1.54) is 23.4 Å². The average Bonchev–Trinajstić information content (AvgIpc) is 2.58. The number of nitrogens with zero attached hydrogens (tertiary/aromatic N) is 2. The van der Waals surface area contributed by atoms with E-state index >= 15 is 0 Å². The van der Waals surface area contributed by atoms with Crippen molar-refractivity contribution in [2.45, 2.75) is 40.2 Å². The second kappa shape index (κ2) is 7.77. The highest BCUT2D eigenvalue weighted by atomic mass is 32.2. The minimum absolute atomic E-state index is 1.02. The minimum Gasteiger partial charge on any atom is -0.316 e. The summed E-state index contributed by atoms with van der Waals surface area (Å²) in [6.07, 6.45) is 4.43. The van der Waals surface area contributed by atoms with Gasteiger partial charge in [0.15, 0.2) is 0 Å². The zero-order chi connectivity index (χ0) is 12.7. The molecule has 0 unspecified atom stereocenters. The van der Waals surface area contributed by atoms with E-state index in [-0.39, 0.29) is 0 Å². The van der Waals surface area contributed by atoms with Gasteiger partial charge in [0.05, 0.1) is 12.2 Å². The fourth-order valence-electron chi connectivity index (χ4n) is 2.01. The van der Waals surface area contributed by atoms with Crippen LogP contribution in [0.1, 0.15) is 30.3 Å². The Balaban J connectivity index is 2.55. The molecule has 0 saturated carbocycles. The predicted molar refractivity (Wildman–Crippen MR) is 76.9 cm³/mol. The molecule has 0 amide bonds. The van der Waals surface area contributed by atoms with Crippen LogP contribution in [-0.4, -0.2) is 34.9 Å². The number of thioether (sulfide) groups is 1. The molecule has 1 aromatic rings. The van der Waals surface area contributed by atoms with Crippen LogP contribution in [0, 0.1) is 13.8 Å². The van der Waals surface area contributed by atoms with Gasteiger partial charge in [0.2, 0.25) is 0 Å². The van der Waals surface area contributed by atoms with Gasteiger partial charge in [-0.05, 0) is 51.6 Å². The quantitative estimate of drug-likeness (QED) is 0.724. The van der Waals surface area contributed by atoms with Crippen molar-refractivity contribution in [1.29, 1.82) is 0 Å². The van der Waals surface area contributed by atoms with E-state index in [0.29, 0.717) is 0 Å². The summed E-state index contributed by atoms with van der Waals surface area (Å²) in [5, 5.41) is 8.07. The van der Waals surface area contributed by atoms with Gasteiger partial charge in [0.25, 0.3) is 0 Å². The molecule has 0 radical (unpaired) electrons. The van der Waals surface area contributed by atoms with Crippen molar-refractivity contribution in [3.05, 3.63) is 17.0 Å². The normalized spacial score (nSPS) is 11.1. The van der Waals surface area contributed by atoms with Crippen molar-refractivity contribution in [2.24, 2.45) is 0 Å². The summed E-state index contributed by atoms with van der Waals surface area (Å²) in [4.78, 5) is 0. The monoisotopic (exact) mass is 255 g/mol. The zero-order valence-corrected chi connectivity index (χ0v) is 12.4. The molecule has 4 heteroatoms. The molecule has 0 aliphatic carbocycles. The topological polar surface area (TPSA) is 29.9 Å². The van der Waals surface area contributed by atoms with E-state index in [9.17, 15) is 0 Å². The standard InChI is InChI=1S/C13H25N3S/c1-5-7-14-8-6-13-11(2)15-16(12(13)3)9-10-17-4/h14H,5-10H2,1-4H3. The SMILES string of the molecule is CCCNCCc1c(C)nn(CCSC)c1C. The molecule has 1 heterocycles. The third-order valence-electron chi connectivity index (χ3n) is 3.02. The summed E-state index contributed by atoms with van der Waals surface area (Å²) in [5.41, 5.74) is 3.96. The van der Waals surface area contributed by atoms with Crippen LogP contribution < -0.4 is 5.32 Å². The Labute approximate surface area is 109 Å². The summed E-state index contributed by atoms with van der Waals surface area (Å²) >= 11 is 1.87. The van der Waals surface area contributed by atoms with Crippen molar-refractivity contribution in [2.75, 3.05) is 25.1 Å². The van der Waals surface area contributed by atoms with Gasteiger partial charge in [-0.15, -0.1) is 0 Å². The van der Waals surface area contributed by atoms with Crippen LogP contribution in [0.15, 0.2) is 0 Å². The molecular weight excluding hydrogens is 230 g/mol. The molecule has 1 aromatic heterocycles. The Morgan fingerprint density at radius 1 is 1.29 bits per heavy atom. The van der Waals surface area contributed by atoms with Crippen LogP contribution in [0.5, 0.6) is 0 Å². The highest BCUT2D eigenvalue weighted by molar-refractivity contribution is 7.98. The predicted octanol–water partition coefficient (Wildman–Crippen LogP) is 2.41. The third-order valence-corrected chi connectivity index (χ3v) is 3.61. The zero-order valence-electron chi connectivity index (χ0n) is 11.5. The number of aryl methyl sites for hydroxylation is 2. The van der Waals surface area contributed by atoms with E-state index < -0.39 is 0 Å². The van der Waals surface area contributed by atoms with Crippen molar-refractivity contribution in [3.8, 4) is 0 Å². The lowest BCUT2D eigenvalue weighted by Gasteiger charge is -2.05. The summed E-state index contributed by atoms with van der Waals surface area (Å²) < 4.78 is 2.15.